The number of morpholine rings is 1. The Morgan fingerprint density at radius 3 is 2.67 bits per heavy atom. The number of H-pyrrole nitrogens is 2. The van der Waals surface area contributed by atoms with E-state index in [0.29, 0.717) is 43.8 Å². The van der Waals surface area contributed by atoms with Gasteiger partial charge in [-0.2, -0.15) is 0 Å². The molecule has 166 valence electrons. The summed E-state index contributed by atoms with van der Waals surface area (Å²) in [6, 6.07) is 13.6. The third-order valence-electron chi connectivity index (χ3n) is 5.67. The number of ether oxygens (including phenoxy) is 1. The first-order chi connectivity index (χ1) is 16.2. The van der Waals surface area contributed by atoms with Gasteiger partial charge in [0.2, 0.25) is 5.91 Å². The third-order valence-corrected chi connectivity index (χ3v) is 5.67. The van der Waals surface area contributed by atoms with Crippen LogP contribution in [0.2, 0.25) is 0 Å². The SMILES string of the molecule is O=C(Cc1ccc(/C=C/c2cc(-c3cc4c(=O)[nH]cnc4[nH]3)ccn2)cc1)N1CCOCC1. The molecule has 0 atom stereocenters. The van der Waals surface area contributed by atoms with Crippen LogP contribution >= 0.6 is 0 Å². The lowest BCUT2D eigenvalue weighted by molar-refractivity contribution is -0.134. The van der Waals surface area contributed by atoms with E-state index in [9.17, 15) is 9.59 Å². The Kier molecular flexibility index (Phi) is 5.82. The molecule has 1 fully saturated rings. The second-order valence-corrected chi connectivity index (χ2v) is 7.89. The van der Waals surface area contributed by atoms with E-state index in [2.05, 4.69) is 19.9 Å². The van der Waals surface area contributed by atoms with E-state index in [0.717, 1.165) is 28.1 Å². The highest BCUT2D eigenvalue weighted by Crippen LogP contribution is 2.22. The van der Waals surface area contributed by atoms with E-state index in [4.69, 9.17) is 4.74 Å². The molecule has 1 amide bonds. The molecule has 3 aromatic heterocycles. The van der Waals surface area contributed by atoms with Gasteiger partial charge in [0.15, 0.2) is 0 Å². The van der Waals surface area contributed by atoms with Gasteiger partial charge in [-0.05, 0) is 35.4 Å². The third kappa shape index (κ3) is 4.75. The van der Waals surface area contributed by atoms with Crippen LogP contribution in [-0.4, -0.2) is 57.0 Å². The number of benzene rings is 1. The molecule has 8 heteroatoms. The van der Waals surface area contributed by atoms with Crippen molar-refractivity contribution in [2.45, 2.75) is 6.42 Å². The summed E-state index contributed by atoms with van der Waals surface area (Å²) in [5.41, 5.74) is 4.90. The lowest BCUT2D eigenvalue weighted by Gasteiger charge is -2.26. The molecule has 1 aliphatic rings. The van der Waals surface area contributed by atoms with E-state index >= 15 is 0 Å². The van der Waals surface area contributed by atoms with Gasteiger partial charge in [0.05, 0.1) is 37.0 Å². The number of aromatic amines is 2. The number of pyridine rings is 1. The molecule has 0 saturated carbocycles. The molecule has 0 radical (unpaired) electrons. The van der Waals surface area contributed by atoms with Crippen LogP contribution in [0.25, 0.3) is 34.4 Å². The van der Waals surface area contributed by atoms with Crippen LogP contribution in [0.1, 0.15) is 16.8 Å². The fourth-order valence-corrected chi connectivity index (χ4v) is 3.84. The molecular formula is C25H23N5O3. The van der Waals surface area contributed by atoms with Crippen molar-refractivity contribution in [1.29, 1.82) is 0 Å². The lowest BCUT2D eigenvalue weighted by atomic mass is 10.1. The summed E-state index contributed by atoms with van der Waals surface area (Å²) in [5.74, 6) is 0.136. The smallest absolute Gasteiger partial charge is 0.260 e. The predicted octanol–water partition coefficient (Wildman–Crippen LogP) is 2.88. The first-order valence-electron chi connectivity index (χ1n) is 10.8. The van der Waals surface area contributed by atoms with E-state index in [1.54, 1.807) is 12.3 Å². The van der Waals surface area contributed by atoms with E-state index in [1.165, 1.54) is 6.33 Å². The molecule has 1 aromatic carbocycles. The largest absolute Gasteiger partial charge is 0.378 e. The molecule has 4 heterocycles. The minimum atomic E-state index is -0.174. The number of nitrogens with one attached hydrogen (secondary N) is 2. The standard InChI is InChI=1S/C25H23N5O3/c31-23(30-9-11-33-12-10-30)13-18-3-1-17(2-4-18)5-6-20-14-19(7-8-26-20)22-15-21-24(29-22)27-16-28-25(21)32/h1-8,14-16H,9-13H2,(H2,27,28,29,32)/b6-5+. The summed E-state index contributed by atoms with van der Waals surface area (Å²) in [6.07, 6.45) is 7.44. The van der Waals surface area contributed by atoms with Gasteiger partial charge < -0.3 is 19.6 Å². The number of fused-ring (bicyclic) bond motifs is 1. The summed E-state index contributed by atoms with van der Waals surface area (Å²) >= 11 is 0. The Hall–Kier alpha value is -4.04. The van der Waals surface area contributed by atoms with Crippen molar-refractivity contribution in [1.82, 2.24) is 24.8 Å². The minimum Gasteiger partial charge on any atom is -0.378 e. The monoisotopic (exact) mass is 441 g/mol. The molecule has 1 aliphatic heterocycles. The Bertz CT molecular complexity index is 1360. The molecule has 5 rings (SSSR count). The Labute approximate surface area is 190 Å². The number of carbonyl (C=O) groups excluding carboxylic acids is 1. The van der Waals surface area contributed by atoms with Crippen molar-refractivity contribution in [3.05, 3.63) is 82.2 Å². The van der Waals surface area contributed by atoms with Gasteiger partial charge in [0, 0.05) is 30.5 Å². The summed E-state index contributed by atoms with van der Waals surface area (Å²) in [5, 5.41) is 0.522. The van der Waals surface area contributed by atoms with Crippen molar-refractivity contribution >= 4 is 29.1 Å². The van der Waals surface area contributed by atoms with Crippen LogP contribution in [0.15, 0.2) is 59.8 Å². The van der Waals surface area contributed by atoms with Gasteiger partial charge in [0.25, 0.3) is 5.56 Å². The molecule has 1 saturated heterocycles. The highest BCUT2D eigenvalue weighted by atomic mass is 16.5. The van der Waals surface area contributed by atoms with Gasteiger partial charge >= 0.3 is 0 Å². The Morgan fingerprint density at radius 1 is 1.06 bits per heavy atom. The van der Waals surface area contributed by atoms with E-state index < -0.39 is 0 Å². The van der Waals surface area contributed by atoms with Crippen LogP contribution in [0.5, 0.6) is 0 Å². The molecule has 33 heavy (non-hydrogen) atoms. The molecule has 0 aliphatic carbocycles. The van der Waals surface area contributed by atoms with Crippen molar-refractivity contribution < 1.29 is 9.53 Å². The number of hydrogen-bond acceptors (Lipinski definition) is 5. The van der Waals surface area contributed by atoms with Gasteiger partial charge in [-0.15, -0.1) is 0 Å². The van der Waals surface area contributed by atoms with Crippen molar-refractivity contribution in [2.75, 3.05) is 26.3 Å². The topological polar surface area (TPSA) is 104 Å². The van der Waals surface area contributed by atoms with Gasteiger partial charge in [0.1, 0.15) is 5.65 Å². The molecule has 0 bridgehead atoms. The number of carbonyl (C=O) groups is 1. The number of amides is 1. The molecule has 0 unspecified atom stereocenters. The van der Waals surface area contributed by atoms with Crippen LogP contribution in [0, 0.1) is 0 Å². The molecule has 0 spiro atoms. The number of rotatable bonds is 5. The average Bonchev–Trinajstić information content (AvgIpc) is 3.30. The fraction of sp³-hybridized carbons (Fsp3) is 0.200. The van der Waals surface area contributed by atoms with Gasteiger partial charge in [-0.25, -0.2) is 4.98 Å². The number of aromatic nitrogens is 4. The maximum atomic E-state index is 12.4. The zero-order valence-electron chi connectivity index (χ0n) is 18.0. The number of nitrogens with zero attached hydrogens (tertiary/aromatic N) is 3. The predicted molar refractivity (Wildman–Crippen MR) is 126 cm³/mol. The highest BCUT2D eigenvalue weighted by Gasteiger charge is 2.16. The minimum absolute atomic E-state index is 0.136. The molecular weight excluding hydrogens is 418 g/mol. The van der Waals surface area contributed by atoms with Crippen molar-refractivity contribution in [3.8, 4) is 11.3 Å². The highest BCUT2D eigenvalue weighted by molar-refractivity contribution is 5.82. The van der Waals surface area contributed by atoms with Crippen LogP contribution in [-0.2, 0) is 16.0 Å². The zero-order valence-corrected chi connectivity index (χ0v) is 18.0. The Morgan fingerprint density at radius 2 is 1.88 bits per heavy atom. The van der Waals surface area contributed by atoms with E-state index in [1.807, 2.05) is 53.5 Å². The quantitative estimate of drug-likeness (QED) is 0.496. The van der Waals surface area contributed by atoms with Crippen LogP contribution in [0.3, 0.4) is 0 Å². The molecule has 4 aromatic rings. The lowest BCUT2D eigenvalue weighted by Crippen LogP contribution is -2.41. The second kappa shape index (κ2) is 9.22. The van der Waals surface area contributed by atoms with Gasteiger partial charge in [-0.1, -0.05) is 30.3 Å². The van der Waals surface area contributed by atoms with Crippen molar-refractivity contribution in [3.63, 3.8) is 0 Å². The maximum Gasteiger partial charge on any atom is 0.260 e. The summed E-state index contributed by atoms with van der Waals surface area (Å²) in [4.78, 5) is 40.6. The Balaban J connectivity index is 1.27. The molecule has 8 nitrogen and oxygen atoms in total. The summed E-state index contributed by atoms with van der Waals surface area (Å²) < 4.78 is 5.31. The summed E-state index contributed by atoms with van der Waals surface area (Å²) in [7, 11) is 0. The van der Waals surface area contributed by atoms with Crippen LogP contribution < -0.4 is 5.56 Å². The first-order valence-corrected chi connectivity index (χ1v) is 10.8. The second-order valence-electron chi connectivity index (χ2n) is 7.89. The fourth-order valence-electron chi connectivity index (χ4n) is 3.84. The first kappa shape index (κ1) is 20.8. The van der Waals surface area contributed by atoms with Crippen molar-refractivity contribution in [2.24, 2.45) is 0 Å². The van der Waals surface area contributed by atoms with Gasteiger partial charge in [-0.3, -0.25) is 14.6 Å². The van der Waals surface area contributed by atoms with E-state index in [-0.39, 0.29) is 11.5 Å². The zero-order chi connectivity index (χ0) is 22.6. The van der Waals surface area contributed by atoms with Crippen LogP contribution in [0.4, 0.5) is 0 Å². The average molecular weight is 441 g/mol. The molecule has 2 N–H and O–H groups in total. The maximum absolute atomic E-state index is 12.4. The number of hydrogen-bond donors (Lipinski definition) is 2. The normalized spacial score (nSPS) is 14.2. The summed E-state index contributed by atoms with van der Waals surface area (Å²) in [6.45, 7) is 2.55.